The van der Waals surface area contributed by atoms with Crippen LogP contribution in [0.4, 0.5) is 13.9 Å². The van der Waals surface area contributed by atoms with Gasteiger partial charge in [-0.25, -0.2) is 13.8 Å². The number of hydrogen-bond donors (Lipinski definition) is 0. The molecular weight excluding hydrogens is 422 g/mol. The maximum atomic E-state index is 14.2. The average Bonchev–Trinajstić information content (AvgIpc) is 3.38. The highest BCUT2D eigenvalue weighted by Crippen LogP contribution is 2.32. The number of anilines is 1. The van der Waals surface area contributed by atoms with Gasteiger partial charge in [-0.15, -0.1) is 0 Å². The Morgan fingerprint density at radius 2 is 1.77 bits per heavy atom. The van der Waals surface area contributed by atoms with Gasteiger partial charge in [-0.1, -0.05) is 11.3 Å². The maximum absolute atomic E-state index is 14.2. The Kier molecular flexibility index (Phi) is 5.57. The van der Waals surface area contributed by atoms with E-state index in [9.17, 15) is 13.6 Å². The van der Waals surface area contributed by atoms with Crippen molar-refractivity contribution >= 4 is 32.6 Å². The SMILES string of the molecule is CCn1nc(C)cc1C(=O)N(CCn1nc(C)cc1C)c1nc2c(F)cc(F)cc2s1. The first kappa shape index (κ1) is 21.1. The molecule has 0 aliphatic heterocycles. The van der Waals surface area contributed by atoms with E-state index >= 15 is 0 Å². The highest BCUT2D eigenvalue weighted by Gasteiger charge is 2.26. The number of rotatable bonds is 6. The lowest BCUT2D eigenvalue weighted by Crippen LogP contribution is -2.35. The molecule has 7 nitrogen and oxygen atoms in total. The van der Waals surface area contributed by atoms with Crippen LogP contribution in [-0.2, 0) is 13.1 Å². The molecule has 0 saturated heterocycles. The third-order valence-electron chi connectivity index (χ3n) is 4.94. The second kappa shape index (κ2) is 8.18. The number of aryl methyl sites for hydroxylation is 4. The van der Waals surface area contributed by atoms with Gasteiger partial charge in [0.15, 0.2) is 10.9 Å². The van der Waals surface area contributed by atoms with Gasteiger partial charge in [0.1, 0.15) is 17.0 Å². The van der Waals surface area contributed by atoms with Gasteiger partial charge in [0.05, 0.1) is 22.6 Å². The van der Waals surface area contributed by atoms with Crippen molar-refractivity contribution < 1.29 is 13.6 Å². The topological polar surface area (TPSA) is 68.8 Å². The van der Waals surface area contributed by atoms with E-state index < -0.39 is 11.6 Å². The van der Waals surface area contributed by atoms with Crippen LogP contribution in [0.15, 0.2) is 24.3 Å². The van der Waals surface area contributed by atoms with Crippen molar-refractivity contribution in [2.24, 2.45) is 0 Å². The minimum absolute atomic E-state index is 0.0468. The van der Waals surface area contributed by atoms with Crippen LogP contribution in [0, 0.1) is 32.4 Å². The molecule has 31 heavy (non-hydrogen) atoms. The molecule has 4 rings (SSSR count). The van der Waals surface area contributed by atoms with Gasteiger partial charge in [-0.05, 0) is 45.9 Å². The van der Waals surface area contributed by atoms with Gasteiger partial charge in [0, 0.05) is 24.8 Å². The zero-order valence-electron chi connectivity index (χ0n) is 17.7. The number of amides is 1. The van der Waals surface area contributed by atoms with E-state index in [1.54, 1.807) is 10.7 Å². The second-order valence-corrected chi connectivity index (χ2v) is 8.33. The second-order valence-electron chi connectivity index (χ2n) is 7.32. The number of carbonyl (C=O) groups is 1. The molecule has 0 fully saturated rings. The summed E-state index contributed by atoms with van der Waals surface area (Å²) in [5.74, 6) is -1.73. The molecule has 0 N–H and O–H groups in total. The summed E-state index contributed by atoms with van der Waals surface area (Å²) >= 11 is 1.08. The molecule has 0 spiro atoms. The molecule has 10 heteroatoms. The average molecular weight is 445 g/mol. The fourth-order valence-electron chi connectivity index (χ4n) is 3.54. The summed E-state index contributed by atoms with van der Waals surface area (Å²) in [4.78, 5) is 19.3. The molecule has 1 aromatic carbocycles. The smallest absolute Gasteiger partial charge is 0.278 e. The third-order valence-corrected chi connectivity index (χ3v) is 5.96. The number of aromatic nitrogens is 5. The van der Waals surface area contributed by atoms with E-state index in [1.165, 1.54) is 11.0 Å². The van der Waals surface area contributed by atoms with E-state index in [2.05, 4.69) is 15.2 Å². The van der Waals surface area contributed by atoms with Gasteiger partial charge in [0.2, 0.25) is 0 Å². The molecular formula is C21H22F2N6OS. The Morgan fingerprint density at radius 1 is 1.06 bits per heavy atom. The van der Waals surface area contributed by atoms with E-state index in [1.807, 2.05) is 38.4 Å². The van der Waals surface area contributed by atoms with Crippen molar-refractivity contribution in [3.63, 3.8) is 0 Å². The molecule has 0 aliphatic carbocycles. The van der Waals surface area contributed by atoms with Crippen LogP contribution in [0.1, 0.15) is 34.5 Å². The molecule has 3 aromatic heterocycles. The Balaban J connectivity index is 1.75. The molecule has 0 radical (unpaired) electrons. The van der Waals surface area contributed by atoms with Crippen LogP contribution >= 0.6 is 11.3 Å². The van der Waals surface area contributed by atoms with Crippen LogP contribution in [0.3, 0.4) is 0 Å². The first-order valence-corrected chi connectivity index (χ1v) is 10.7. The third kappa shape index (κ3) is 4.07. The maximum Gasteiger partial charge on any atom is 0.278 e. The minimum Gasteiger partial charge on any atom is -0.281 e. The monoisotopic (exact) mass is 444 g/mol. The Labute approximate surface area is 181 Å². The van der Waals surface area contributed by atoms with Crippen LogP contribution in [-0.4, -0.2) is 37.0 Å². The summed E-state index contributed by atoms with van der Waals surface area (Å²) in [7, 11) is 0. The molecule has 162 valence electrons. The fourth-order valence-corrected chi connectivity index (χ4v) is 4.57. The van der Waals surface area contributed by atoms with Gasteiger partial charge in [0.25, 0.3) is 5.91 Å². The van der Waals surface area contributed by atoms with Crippen LogP contribution < -0.4 is 4.90 Å². The first-order valence-electron chi connectivity index (χ1n) is 9.89. The summed E-state index contributed by atoms with van der Waals surface area (Å²) in [6.45, 7) is 8.78. The van der Waals surface area contributed by atoms with Gasteiger partial charge < -0.3 is 0 Å². The standard InChI is InChI=1S/C21H22F2N6OS/c1-5-28-17(9-13(3)25-28)20(30)27(6-7-29-14(4)8-12(2)26-29)21-24-19-16(23)10-15(22)11-18(19)31-21/h8-11H,5-7H2,1-4H3. The molecule has 0 unspecified atom stereocenters. The van der Waals surface area contributed by atoms with Crippen molar-refractivity contribution in [3.8, 4) is 0 Å². The predicted octanol–water partition coefficient (Wildman–Crippen LogP) is 4.26. The molecule has 0 aliphatic rings. The number of nitrogens with zero attached hydrogens (tertiary/aromatic N) is 6. The Hall–Kier alpha value is -3.14. The largest absolute Gasteiger partial charge is 0.281 e. The van der Waals surface area contributed by atoms with E-state index in [0.717, 1.165) is 34.5 Å². The van der Waals surface area contributed by atoms with Gasteiger partial charge in [-0.2, -0.15) is 10.2 Å². The molecule has 0 atom stereocenters. The number of carbonyl (C=O) groups excluding carboxylic acids is 1. The minimum atomic E-state index is -0.752. The molecule has 0 saturated carbocycles. The van der Waals surface area contributed by atoms with Crippen molar-refractivity contribution in [1.29, 1.82) is 0 Å². The molecule has 1 amide bonds. The molecule has 3 heterocycles. The van der Waals surface area contributed by atoms with Crippen LogP contribution in [0.2, 0.25) is 0 Å². The van der Waals surface area contributed by atoms with Crippen LogP contribution in [0.25, 0.3) is 10.2 Å². The van der Waals surface area contributed by atoms with Crippen LogP contribution in [0.5, 0.6) is 0 Å². The summed E-state index contributed by atoms with van der Waals surface area (Å²) < 4.78 is 31.7. The van der Waals surface area contributed by atoms with Gasteiger partial charge in [-0.3, -0.25) is 19.1 Å². The van der Waals surface area contributed by atoms with E-state index in [0.29, 0.717) is 28.6 Å². The Bertz CT molecular complexity index is 1270. The van der Waals surface area contributed by atoms with E-state index in [-0.39, 0.29) is 18.0 Å². The van der Waals surface area contributed by atoms with Crippen molar-refractivity contribution in [1.82, 2.24) is 24.5 Å². The summed E-state index contributed by atoms with van der Waals surface area (Å²) in [6, 6.07) is 5.69. The molecule has 4 aromatic rings. The lowest BCUT2D eigenvalue weighted by atomic mass is 10.3. The zero-order chi connectivity index (χ0) is 22.3. The molecule has 0 bridgehead atoms. The summed E-state index contributed by atoms with van der Waals surface area (Å²) in [6.07, 6.45) is 0. The lowest BCUT2D eigenvalue weighted by molar-refractivity contribution is 0.0975. The van der Waals surface area contributed by atoms with Crippen molar-refractivity contribution in [2.45, 2.75) is 40.8 Å². The highest BCUT2D eigenvalue weighted by molar-refractivity contribution is 7.22. The number of benzene rings is 1. The quantitative estimate of drug-likeness (QED) is 0.446. The predicted molar refractivity (Wildman–Crippen MR) is 116 cm³/mol. The normalized spacial score (nSPS) is 11.4. The van der Waals surface area contributed by atoms with Gasteiger partial charge >= 0.3 is 0 Å². The lowest BCUT2D eigenvalue weighted by Gasteiger charge is -2.20. The van der Waals surface area contributed by atoms with Crippen molar-refractivity contribution in [2.75, 3.05) is 11.4 Å². The Morgan fingerprint density at radius 3 is 2.45 bits per heavy atom. The summed E-state index contributed by atoms with van der Waals surface area (Å²) in [5, 5.41) is 9.10. The van der Waals surface area contributed by atoms with E-state index in [4.69, 9.17) is 0 Å². The first-order chi connectivity index (χ1) is 14.8. The number of thiazole rings is 1. The summed E-state index contributed by atoms with van der Waals surface area (Å²) in [5.41, 5.74) is 3.04. The zero-order valence-corrected chi connectivity index (χ0v) is 18.5. The number of halogens is 2. The fraction of sp³-hybridized carbons (Fsp3) is 0.333. The number of hydrogen-bond acceptors (Lipinski definition) is 5. The van der Waals surface area contributed by atoms with Crippen molar-refractivity contribution in [3.05, 3.63) is 58.7 Å². The number of fused-ring (bicyclic) bond motifs is 1. The highest BCUT2D eigenvalue weighted by atomic mass is 32.1.